The maximum atomic E-state index is 9.39. The van der Waals surface area contributed by atoms with E-state index >= 15 is 0 Å². The largest absolute Gasteiger partial charge is 0.758 e. The van der Waals surface area contributed by atoms with Gasteiger partial charge < -0.3 is 9.11 Å². The molecule has 8 heavy (non-hydrogen) atoms. The van der Waals surface area contributed by atoms with E-state index in [1.54, 1.807) is 0 Å². The minimum atomic E-state index is -2.84. The van der Waals surface area contributed by atoms with Crippen LogP contribution in [-0.4, -0.2) is 17.5 Å². The van der Waals surface area contributed by atoms with Crippen LogP contribution in [0.1, 0.15) is 0 Å². The molecule has 2 unspecified atom stereocenters. The lowest BCUT2D eigenvalue weighted by Crippen LogP contribution is -2.17. The van der Waals surface area contributed by atoms with Crippen molar-refractivity contribution in [1.29, 1.82) is 0 Å². The lowest BCUT2D eigenvalue weighted by atomic mass is 13.5. The maximum absolute atomic E-state index is 9.39. The first-order valence-electron chi connectivity index (χ1n) is 1.24. The predicted octanol–water partition coefficient (Wildman–Crippen LogP) is -1.90. The van der Waals surface area contributed by atoms with Gasteiger partial charge in [0, 0.05) is 11.3 Å². The predicted molar refractivity (Wildman–Crippen MR) is 22.1 cm³/mol. The molecule has 0 aliphatic heterocycles. The van der Waals surface area contributed by atoms with Crippen molar-refractivity contribution >= 4 is 22.6 Å². The first-order valence-corrected chi connectivity index (χ1v) is 3.32. The molecule has 0 heterocycles. The highest BCUT2D eigenvalue weighted by Crippen LogP contribution is 1.70. The van der Waals surface area contributed by atoms with Gasteiger partial charge >= 0.3 is 0 Å². The molecule has 0 bridgehead atoms. The van der Waals surface area contributed by atoms with E-state index in [4.69, 9.17) is 0 Å². The molecule has 0 aromatic rings. The molecular formula is HNO5S2-2. The number of hydrogen-bond donors (Lipinski definition) is 1. The Morgan fingerprint density at radius 3 is 2.00 bits per heavy atom. The van der Waals surface area contributed by atoms with Crippen LogP contribution < -0.4 is 4.89 Å². The molecule has 0 amide bonds. The van der Waals surface area contributed by atoms with Crippen molar-refractivity contribution in [3.05, 3.63) is 0 Å². The van der Waals surface area contributed by atoms with Gasteiger partial charge in [-0.25, -0.2) is 8.49 Å². The Bertz CT molecular complexity index is 95.0. The first-order chi connectivity index (χ1) is 3.63. The highest BCUT2D eigenvalue weighted by atomic mass is 32.2. The first kappa shape index (κ1) is 8.14. The van der Waals surface area contributed by atoms with Gasteiger partial charge in [-0.05, 0) is 0 Å². The van der Waals surface area contributed by atoms with Crippen LogP contribution in [0.25, 0.3) is 0 Å². The van der Waals surface area contributed by atoms with E-state index in [2.05, 4.69) is 4.28 Å². The maximum Gasteiger partial charge on any atom is 0.106 e. The van der Waals surface area contributed by atoms with E-state index in [1.807, 2.05) is 0 Å². The standard InChI is InChI=1S/H3NO5S2/c2-7(3)1-6-8(4)5/h1H,(H,2,3)(H,4,5)/p-2. The number of hydrogen-bond acceptors (Lipinski definition) is 5. The second kappa shape index (κ2) is 4.06. The summed E-state index contributed by atoms with van der Waals surface area (Å²) in [6.45, 7) is 0. The monoisotopic (exact) mass is 159 g/mol. The molecule has 8 heteroatoms. The summed E-state index contributed by atoms with van der Waals surface area (Å²) in [6.07, 6.45) is 0. The van der Waals surface area contributed by atoms with Crippen molar-refractivity contribution in [3.8, 4) is 0 Å². The lowest BCUT2D eigenvalue weighted by molar-refractivity contribution is 0.255. The Morgan fingerprint density at radius 2 is 1.88 bits per heavy atom. The zero-order valence-electron chi connectivity index (χ0n) is 3.36. The summed E-state index contributed by atoms with van der Waals surface area (Å²) in [6, 6.07) is 0. The van der Waals surface area contributed by atoms with E-state index in [9.17, 15) is 17.5 Å². The van der Waals surface area contributed by atoms with Crippen molar-refractivity contribution in [1.82, 2.24) is 4.89 Å². The van der Waals surface area contributed by atoms with Gasteiger partial charge in [0.25, 0.3) is 0 Å². The molecule has 0 rings (SSSR count). The lowest BCUT2D eigenvalue weighted by Gasteiger charge is -2.06. The van der Waals surface area contributed by atoms with Crippen LogP contribution in [0.3, 0.4) is 0 Å². The summed E-state index contributed by atoms with van der Waals surface area (Å²) >= 11 is -5.54. The van der Waals surface area contributed by atoms with E-state index in [-0.39, 0.29) is 0 Å². The molecule has 0 aliphatic rings. The van der Waals surface area contributed by atoms with Gasteiger partial charge in [0.1, 0.15) is 11.4 Å². The molecular weight excluding hydrogens is 158 g/mol. The van der Waals surface area contributed by atoms with Crippen LogP contribution in [0.4, 0.5) is 0 Å². The van der Waals surface area contributed by atoms with Crippen LogP contribution in [0.15, 0.2) is 0 Å². The third-order valence-corrected chi connectivity index (χ3v) is 0.714. The zero-order valence-corrected chi connectivity index (χ0v) is 4.99. The van der Waals surface area contributed by atoms with Gasteiger partial charge in [-0.2, -0.15) is 0 Å². The summed E-state index contributed by atoms with van der Waals surface area (Å²) in [5.41, 5.74) is 0. The Balaban J connectivity index is 3.18. The molecule has 0 fully saturated rings. The fourth-order valence-electron chi connectivity index (χ4n) is 0.0556. The summed E-state index contributed by atoms with van der Waals surface area (Å²) < 4.78 is 40.8. The molecule has 0 aromatic carbocycles. The van der Waals surface area contributed by atoms with Crippen molar-refractivity contribution in [2.75, 3.05) is 0 Å². The van der Waals surface area contributed by atoms with Crippen LogP contribution in [-0.2, 0) is 26.9 Å². The van der Waals surface area contributed by atoms with Crippen LogP contribution >= 0.6 is 0 Å². The minimum absolute atomic E-state index is 1.15. The van der Waals surface area contributed by atoms with Crippen molar-refractivity contribution < 1.29 is 21.8 Å². The van der Waals surface area contributed by atoms with Crippen LogP contribution in [0.2, 0.25) is 0 Å². The fourth-order valence-corrected chi connectivity index (χ4v) is 0.500. The molecule has 6 nitrogen and oxygen atoms in total. The van der Waals surface area contributed by atoms with Crippen molar-refractivity contribution in [2.24, 2.45) is 0 Å². The van der Waals surface area contributed by atoms with E-state index < -0.39 is 22.6 Å². The zero-order chi connectivity index (χ0) is 6.57. The Morgan fingerprint density at radius 1 is 1.38 bits per heavy atom. The molecule has 0 spiro atoms. The van der Waals surface area contributed by atoms with Gasteiger partial charge in [-0.3, -0.25) is 4.21 Å². The van der Waals surface area contributed by atoms with Crippen molar-refractivity contribution in [2.45, 2.75) is 0 Å². The Hall–Kier alpha value is 0.140. The molecule has 2 atom stereocenters. The molecule has 0 aromatic heterocycles. The summed E-state index contributed by atoms with van der Waals surface area (Å²) in [7, 11) is 0. The molecule has 0 radical (unpaired) electrons. The average Bonchev–Trinajstić information content (AvgIpc) is 1.61. The van der Waals surface area contributed by atoms with Gasteiger partial charge in [0.05, 0.1) is 0 Å². The second-order valence-electron chi connectivity index (χ2n) is 0.605. The topological polar surface area (TPSA) is 102 Å². The number of rotatable bonds is 3. The number of nitrogens with one attached hydrogen (secondary N) is 1. The van der Waals surface area contributed by atoms with Crippen LogP contribution in [0, 0.1) is 0 Å². The second-order valence-corrected chi connectivity index (χ2v) is 1.82. The van der Waals surface area contributed by atoms with Gasteiger partial charge in [-0.1, -0.05) is 0 Å². The third kappa shape index (κ3) is 6.14. The Kier molecular flexibility index (Phi) is 4.13. The SMILES string of the molecule is O=S([O-])NOS(=O)[O-]. The van der Waals surface area contributed by atoms with E-state index in [0.29, 0.717) is 0 Å². The molecule has 50 valence electrons. The van der Waals surface area contributed by atoms with Crippen molar-refractivity contribution in [3.63, 3.8) is 0 Å². The molecule has 0 saturated carbocycles. The van der Waals surface area contributed by atoms with E-state index in [1.165, 1.54) is 0 Å². The fraction of sp³-hybridized carbons (Fsp3) is 0. The molecule has 0 saturated heterocycles. The summed E-state index contributed by atoms with van der Waals surface area (Å²) in [5, 5.41) is 0. The van der Waals surface area contributed by atoms with Gasteiger partial charge in [0.15, 0.2) is 0 Å². The van der Waals surface area contributed by atoms with E-state index in [0.717, 1.165) is 4.89 Å². The third-order valence-electron chi connectivity index (χ3n) is 0.170. The highest BCUT2D eigenvalue weighted by molar-refractivity contribution is 7.78. The van der Waals surface area contributed by atoms with Gasteiger partial charge in [0.2, 0.25) is 0 Å². The summed E-state index contributed by atoms with van der Waals surface area (Å²) in [4.78, 5) is 1.15. The molecule has 1 N–H and O–H groups in total. The smallest absolute Gasteiger partial charge is 0.106 e. The normalized spacial score (nSPS) is 17.8. The quantitative estimate of drug-likeness (QED) is 0.382. The molecule has 0 aliphatic carbocycles. The Labute approximate surface area is 50.1 Å². The minimum Gasteiger partial charge on any atom is -0.758 e. The average molecular weight is 159 g/mol. The summed E-state index contributed by atoms with van der Waals surface area (Å²) in [5.74, 6) is 0. The highest BCUT2D eigenvalue weighted by Gasteiger charge is 1.78. The van der Waals surface area contributed by atoms with Crippen LogP contribution in [0.5, 0.6) is 0 Å². The van der Waals surface area contributed by atoms with Gasteiger partial charge in [-0.15, -0.1) is 4.89 Å².